The Bertz CT molecular complexity index is 492. The maximum Gasteiger partial charge on any atom is 0.356 e. The van der Waals surface area contributed by atoms with Crippen LogP contribution in [0.3, 0.4) is 0 Å². The summed E-state index contributed by atoms with van der Waals surface area (Å²) in [6.45, 7) is 1.67. The van der Waals surface area contributed by atoms with E-state index in [2.05, 4.69) is 0 Å². The van der Waals surface area contributed by atoms with E-state index in [-0.39, 0.29) is 11.7 Å². The highest BCUT2D eigenvalue weighted by Gasteiger charge is 2.26. The highest BCUT2D eigenvalue weighted by atomic mass is 31.2. The number of aliphatic carboxylic acids is 1. The Morgan fingerprint density at radius 2 is 2.06 bits per heavy atom. The molecule has 1 aromatic rings. The van der Waals surface area contributed by atoms with E-state index in [0.29, 0.717) is 11.1 Å². The van der Waals surface area contributed by atoms with Gasteiger partial charge in [-0.05, 0) is 24.1 Å². The lowest BCUT2D eigenvalue weighted by Gasteiger charge is -2.16. The number of ether oxygens (including phenoxy) is 1. The number of carboxylic acids is 1. The molecule has 0 fully saturated rings. The first kappa shape index (κ1) is 14.9. The minimum atomic E-state index is -4.43. The van der Waals surface area contributed by atoms with Crippen LogP contribution in [-0.4, -0.2) is 34.1 Å². The van der Waals surface area contributed by atoms with E-state index in [0.717, 1.165) is 0 Å². The Hall–Kier alpha value is -1.20. The quantitative estimate of drug-likeness (QED) is 0.673. The first-order valence-electron chi connectivity index (χ1n) is 5.17. The number of hydrogen-bond donors (Lipinski definition) is 3. The lowest BCUT2D eigenvalue weighted by molar-refractivity contribution is -0.148. The molecule has 0 saturated heterocycles. The molecular weight excluding hydrogens is 259 g/mol. The summed E-state index contributed by atoms with van der Waals surface area (Å²) in [6.07, 6.45) is -1.21. The van der Waals surface area contributed by atoms with Crippen LogP contribution in [0.1, 0.15) is 11.1 Å². The third-order valence-electron chi connectivity index (χ3n) is 2.65. The molecule has 6 nitrogen and oxygen atoms in total. The summed E-state index contributed by atoms with van der Waals surface area (Å²) in [5, 5.41) is 8.75. The molecule has 7 heteroatoms. The van der Waals surface area contributed by atoms with Gasteiger partial charge in [-0.1, -0.05) is 12.1 Å². The highest BCUT2D eigenvalue weighted by Crippen LogP contribution is 2.35. The van der Waals surface area contributed by atoms with Gasteiger partial charge in [0.1, 0.15) is 0 Å². The molecule has 1 atom stereocenters. The summed E-state index contributed by atoms with van der Waals surface area (Å²) >= 11 is 0. The molecule has 1 aromatic carbocycles. The molecule has 0 bridgehead atoms. The zero-order valence-corrected chi connectivity index (χ0v) is 10.9. The zero-order valence-electron chi connectivity index (χ0n) is 10.0. The summed E-state index contributed by atoms with van der Waals surface area (Å²) in [5.74, 6) is -1.17. The summed E-state index contributed by atoms with van der Waals surface area (Å²) in [4.78, 5) is 29.4. The van der Waals surface area contributed by atoms with E-state index in [1.807, 2.05) is 0 Å². The van der Waals surface area contributed by atoms with Gasteiger partial charge in [0, 0.05) is 13.5 Å². The number of benzene rings is 1. The normalized spacial score (nSPS) is 13.3. The van der Waals surface area contributed by atoms with Crippen molar-refractivity contribution >= 4 is 18.9 Å². The SMILES string of the molecule is COC(Cc1c(C)cccc1P(=O)(O)O)C(=O)O. The Balaban J connectivity index is 3.23. The van der Waals surface area contributed by atoms with Crippen molar-refractivity contribution in [2.75, 3.05) is 7.11 Å². The van der Waals surface area contributed by atoms with Gasteiger partial charge in [0.15, 0.2) is 6.10 Å². The van der Waals surface area contributed by atoms with Gasteiger partial charge in [-0.25, -0.2) is 4.79 Å². The first-order valence-corrected chi connectivity index (χ1v) is 6.78. The van der Waals surface area contributed by atoms with E-state index in [1.54, 1.807) is 13.0 Å². The molecule has 3 N–H and O–H groups in total. The second-order valence-corrected chi connectivity index (χ2v) is 5.45. The van der Waals surface area contributed by atoms with E-state index >= 15 is 0 Å². The van der Waals surface area contributed by atoms with Crippen LogP contribution in [0.15, 0.2) is 18.2 Å². The molecule has 18 heavy (non-hydrogen) atoms. The number of rotatable bonds is 5. The van der Waals surface area contributed by atoms with Crippen molar-refractivity contribution < 1.29 is 29.0 Å². The fourth-order valence-electron chi connectivity index (χ4n) is 1.68. The number of aryl methyl sites for hydroxylation is 1. The van der Waals surface area contributed by atoms with Crippen LogP contribution in [0.5, 0.6) is 0 Å². The number of hydrogen-bond acceptors (Lipinski definition) is 3. The molecule has 0 amide bonds. The minimum Gasteiger partial charge on any atom is -0.479 e. The monoisotopic (exact) mass is 274 g/mol. The first-order chi connectivity index (χ1) is 8.27. The molecule has 0 radical (unpaired) electrons. The summed E-state index contributed by atoms with van der Waals surface area (Å²) < 4.78 is 16.1. The minimum absolute atomic E-state index is 0.0844. The molecule has 0 saturated carbocycles. The van der Waals surface area contributed by atoms with Crippen LogP contribution >= 0.6 is 7.60 Å². The van der Waals surface area contributed by atoms with Crippen molar-refractivity contribution in [3.05, 3.63) is 29.3 Å². The maximum atomic E-state index is 11.4. The standard InChI is InChI=1S/C11H15O6P/c1-7-4-3-5-10(18(14,15)16)8(7)6-9(17-2)11(12)13/h3-5,9H,6H2,1-2H3,(H,12,13)(H2,14,15,16). The van der Waals surface area contributed by atoms with Gasteiger partial charge in [-0.3, -0.25) is 4.57 Å². The molecular formula is C11H15O6P. The fourth-order valence-corrected chi connectivity index (χ4v) is 2.58. The van der Waals surface area contributed by atoms with Crippen molar-refractivity contribution in [1.82, 2.24) is 0 Å². The van der Waals surface area contributed by atoms with Gasteiger partial charge in [0.2, 0.25) is 0 Å². The fraction of sp³-hybridized carbons (Fsp3) is 0.364. The van der Waals surface area contributed by atoms with Gasteiger partial charge in [-0.2, -0.15) is 0 Å². The average molecular weight is 274 g/mol. The molecule has 0 aromatic heterocycles. The van der Waals surface area contributed by atoms with Crippen molar-refractivity contribution in [3.63, 3.8) is 0 Å². The molecule has 0 aliphatic rings. The second-order valence-electron chi connectivity index (χ2n) is 3.88. The van der Waals surface area contributed by atoms with E-state index in [1.165, 1.54) is 19.2 Å². The van der Waals surface area contributed by atoms with Crippen molar-refractivity contribution in [3.8, 4) is 0 Å². The summed E-state index contributed by atoms with van der Waals surface area (Å²) in [7, 11) is -3.18. The summed E-state index contributed by atoms with van der Waals surface area (Å²) in [5.41, 5.74) is 0.944. The van der Waals surface area contributed by atoms with Crippen molar-refractivity contribution in [2.24, 2.45) is 0 Å². The van der Waals surface area contributed by atoms with Crippen LogP contribution in [-0.2, 0) is 20.5 Å². The Kier molecular flexibility index (Phi) is 4.65. The topological polar surface area (TPSA) is 104 Å². The zero-order chi connectivity index (χ0) is 13.9. The lowest BCUT2D eigenvalue weighted by atomic mass is 10.0. The van der Waals surface area contributed by atoms with Crippen LogP contribution in [0, 0.1) is 6.92 Å². The Morgan fingerprint density at radius 1 is 1.44 bits per heavy atom. The molecule has 0 spiro atoms. The van der Waals surface area contributed by atoms with Crippen molar-refractivity contribution in [1.29, 1.82) is 0 Å². The highest BCUT2D eigenvalue weighted by molar-refractivity contribution is 7.60. The Morgan fingerprint density at radius 3 is 2.50 bits per heavy atom. The Labute approximate surface area is 104 Å². The predicted molar refractivity (Wildman–Crippen MR) is 65.0 cm³/mol. The van der Waals surface area contributed by atoms with E-state index in [9.17, 15) is 19.1 Å². The average Bonchev–Trinajstić information content (AvgIpc) is 2.25. The lowest BCUT2D eigenvalue weighted by Crippen LogP contribution is -2.28. The molecule has 0 heterocycles. The predicted octanol–water partition coefficient (Wildman–Crippen LogP) is 0.440. The van der Waals surface area contributed by atoms with Gasteiger partial charge in [-0.15, -0.1) is 0 Å². The summed E-state index contributed by atoms with van der Waals surface area (Å²) in [6, 6.07) is 4.50. The second kappa shape index (κ2) is 5.63. The third kappa shape index (κ3) is 3.40. The molecule has 100 valence electrons. The molecule has 1 rings (SSSR count). The number of methoxy groups -OCH3 is 1. The number of carbonyl (C=O) groups is 1. The van der Waals surface area contributed by atoms with E-state index < -0.39 is 19.7 Å². The molecule has 1 unspecified atom stereocenters. The maximum absolute atomic E-state index is 11.4. The number of carboxylic acid groups (broad SMARTS) is 1. The smallest absolute Gasteiger partial charge is 0.356 e. The van der Waals surface area contributed by atoms with Crippen LogP contribution < -0.4 is 5.30 Å². The van der Waals surface area contributed by atoms with E-state index in [4.69, 9.17) is 9.84 Å². The van der Waals surface area contributed by atoms with Gasteiger partial charge >= 0.3 is 13.6 Å². The van der Waals surface area contributed by atoms with Crippen molar-refractivity contribution in [2.45, 2.75) is 19.4 Å². The van der Waals surface area contributed by atoms with Crippen LogP contribution in [0.2, 0.25) is 0 Å². The third-order valence-corrected chi connectivity index (χ3v) is 3.70. The van der Waals surface area contributed by atoms with Gasteiger partial charge in [0.25, 0.3) is 0 Å². The largest absolute Gasteiger partial charge is 0.479 e. The molecule has 0 aliphatic carbocycles. The van der Waals surface area contributed by atoms with Gasteiger partial charge < -0.3 is 19.6 Å². The van der Waals surface area contributed by atoms with Crippen LogP contribution in [0.4, 0.5) is 0 Å². The van der Waals surface area contributed by atoms with Crippen LogP contribution in [0.25, 0.3) is 0 Å². The van der Waals surface area contributed by atoms with Gasteiger partial charge in [0.05, 0.1) is 5.30 Å². The molecule has 0 aliphatic heterocycles.